The van der Waals surface area contributed by atoms with Gasteiger partial charge in [0, 0.05) is 19.8 Å². The van der Waals surface area contributed by atoms with Crippen LogP contribution in [-0.2, 0) is 9.47 Å². The van der Waals surface area contributed by atoms with E-state index in [1.807, 2.05) is 0 Å². The molecule has 0 radical (unpaired) electrons. The van der Waals surface area contributed by atoms with Crippen LogP contribution in [0.4, 0.5) is 0 Å². The molecule has 0 aromatic carbocycles. The summed E-state index contributed by atoms with van der Waals surface area (Å²) in [4.78, 5) is 0. The molecule has 2 atom stereocenters. The first-order valence-electron chi connectivity index (χ1n) is 3.69. The van der Waals surface area contributed by atoms with Gasteiger partial charge in [-0.3, -0.25) is 0 Å². The zero-order valence-corrected chi connectivity index (χ0v) is 6.38. The molecule has 1 rings (SSSR count). The van der Waals surface area contributed by atoms with Crippen LogP contribution >= 0.6 is 0 Å². The Kier molecular flexibility index (Phi) is 3.12. The summed E-state index contributed by atoms with van der Waals surface area (Å²) in [6.07, 6.45) is 2.09. The molecule has 0 aromatic heterocycles. The Hall–Kier alpha value is -0.120. The number of methoxy groups -OCH3 is 1. The van der Waals surface area contributed by atoms with E-state index < -0.39 is 0 Å². The highest BCUT2D eigenvalue weighted by atomic mass is 16.5. The highest BCUT2D eigenvalue weighted by Gasteiger charge is 2.16. The Morgan fingerprint density at radius 2 is 2.40 bits per heavy atom. The number of hydrogen-bond acceptors (Lipinski definition) is 3. The molecule has 0 saturated carbocycles. The smallest absolute Gasteiger partial charge is 0.0819 e. The lowest BCUT2D eigenvalue weighted by Gasteiger charge is -2.13. The molecule has 1 aliphatic rings. The zero-order chi connectivity index (χ0) is 7.40. The normalized spacial score (nSPS) is 35.4. The summed E-state index contributed by atoms with van der Waals surface area (Å²) < 4.78 is 10.4. The van der Waals surface area contributed by atoms with E-state index >= 15 is 0 Å². The van der Waals surface area contributed by atoms with Crippen molar-refractivity contribution in [3.05, 3.63) is 0 Å². The average Bonchev–Trinajstić information content (AvgIpc) is 2.13. The van der Waals surface area contributed by atoms with Crippen molar-refractivity contribution in [3.63, 3.8) is 0 Å². The van der Waals surface area contributed by atoms with Gasteiger partial charge in [0.15, 0.2) is 0 Å². The molecule has 0 aromatic rings. The lowest BCUT2D eigenvalue weighted by Crippen LogP contribution is -2.26. The third-order valence-corrected chi connectivity index (χ3v) is 1.84. The second kappa shape index (κ2) is 3.91. The quantitative estimate of drug-likeness (QED) is 0.570. The zero-order valence-electron chi connectivity index (χ0n) is 6.38. The molecule has 60 valence electrons. The Bertz CT molecular complexity index is 97.6. The maximum atomic E-state index is 5.74. The third-order valence-electron chi connectivity index (χ3n) is 1.84. The van der Waals surface area contributed by atoms with Gasteiger partial charge in [-0.15, -0.1) is 0 Å². The minimum atomic E-state index is 0.206. The van der Waals surface area contributed by atoms with Crippen LogP contribution in [0, 0.1) is 0 Å². The van der Waals surface area contributed by atoms with Gasteiger partial charge < -0.3 is 15.2 Å². The van der Waals surface area contributed by atoms with Gasteiger partial charge >= 0.3 is 0 Å². The fraction of sp³-hybridized carbons (Fsp3) is 1.00. The molecule has 1 saturated heterocycles. The van der Waals surface area contributed by atoms with E-state index in [0.717, 1.165) is 19.4 Å². The molecule has 1 heterocycles. The Morgan fingerprint density at radius 3 is 3.10 bits per heavy atom. The first-order valence-corrected chi connectivity index (χ1v) is 3.69. The second-order valence-corrected chi connectivity index (χ2v) is 2.72. The summed E-state index contributed by atoms with van der Waals surface area (Å²) in [5.74, 6) is 0. The van der Waals surface area contributed by atoms with Gasteiger partial charge in [0.2, 0.25) is 0 Å². The fourth-order valence-electron chi connectivity index (χ4n) is 1.14. The predicted octanol–water partition coefficient (Wildman–Crippen LogP) is 0.139. The summed E-state index contributed by atoms with van der Waals surface area (Å²) >= 11 is 0. The Labute approximate surface area is 61.5 Å². The topological polar surface area (TPSA) is 44.5 Å². The van der Waals surface area contributed by atoms with Crippen molar-refractivity contribution in [3.8, 4) is 0 Å². The fourth-order valence-corrected chi connectivity index (χ4v) is 1.14. The first kappa shape index (κ1) is 7.98. The van der Waals surface area contributed by atoms with Gasteiger partial charge in [-0.1, -0.05) is 0 Å². The van der Waals surface area contributed by atoms with Crippen molar-refractivity contribution >= 4 is 0 Å². The monoisotopic (exact) mass is 145 g/mol. The molecular formula is C7H15NO2. The van der Waals surface area contributed by atoms with E-state index in [9.17, 15) is 0 Å². The van der Waals surface area contributed by atoms with E-state index in [2.05, 4.69) is 0 Å². The third kappa shape index (κ3) is 2.25. The van der Waals surface area contributed by atoms with E-state index in [1.165, 1.54) is 0 Å². The maximum absolute atomic E-state index is 5.74. The van der Waals surface area contributed by atoms with Crippen molar-refractivity contribution in [1.82, 2.24) is 0 Å². The van der Waals surface area contributed by atoms with E-state index in [-0.39, 0.29) is 12.1 Å². The van der Waals surface area contributed by atoms with Crippen LogP contribution in [0.1, 0.15) is 12.8 Å². The molecule has 0 spiro atoms. The van der Waals surface area contributed by atoms with E-state index in [0.29, 0.717) is 6.61 Å². The molecule has 3 nitrogen and oxygen atoms in total. The van der Waals surface area contributed by atoms with E-state index in [1.54, 1.807) is 7.11 Å². The average molecular weight is 145 g/mol. The molecule has 0 bridgehead atoms. The summed E-state index contributed by atoms with van der Waals surface area (Å²) in [7, 11) is 1.70. The van der Waals surface area contributed by atoms with Crippen LogP contribution in [0.5, 0.6) is 0 Å². The standard InChI is InChI=1S/C7H15NO2/c1-9-7-4-6(8)2-3-10-5-7/h6-7H,2-5,8H2,1H3/t6?,7-/m1/s1. The lowest BCUT2D eigenvalue weighted by molar-refractivity contribution is 0.0197. The second-order valence-electron chi connectivity index (χ2n) is 2.72. The summed E-state index contributed by atoms with van der Waals surface area (Å²) in [5.41, 5.74) is 5.74. The van der Waals surface area contributed by atoms with Crippen molar-refractivity contribution in [2.24, 2.45) is 5.73 Å². The molecule has 10 heavy (non-hydrogen) atoms. The predicted molar refractivity (Wildman–Crippen MR) is 38.8 cm³/mol. The van der Waals surface area contributed by atoms with Crippen molar-refractivity contribution < 1.29 is 9.47 Å². The molecule has 0 amide bonds. The minimum absolute atomic E-state index is 0.206. The Morgan fingerprint density at radius 1 is 1.60 bits per heavy atom. The molecule has 1 aliphatic heterocycles. The van der Waals surface area contributed by atoms with Crippen LogP contribution in [0.3, 0.4) is 0 Å². The molecule has 1 fully saturated rings. The number of nitrogens with two attached hydrogens (primary N) is 1. The molecule has 2 N–H and O–H groups in total. The largest absolute Gasteiger partial charge is 0.379 e. The SMILES string of the molecule is CO[C@H]1COCCC(N)C1. The number of rotatable bonds is 1. The van der Waals surface area contributed by atoms with Gasteiger partial charge in [0.1, 0.15) is 0 Å². The summed E-state index contributed by atoms with van der Waals surface area (Å²) in [5, 5.41) is 0. The van der Waals surface area contributed by atoms with E-state index in [4.69, 9.17) is 15.2 Å². The maximum Gasteiger partial charge on any atom is 0.0819 e. The van der Waals surface area contributed by atoms with Gasteiger partial charge in [0.25, 0.3) is 0 Å². The van der Waals surface area contributed by atoms with Gasteiger partial charge in [-0.2, -0.15) is 0 Å². The molecular weight excluding hydrogens is 130 g/mol. The summed E-state index contributed by atoms with van der Waals surface area (Å²) in [6, 6.07) is 0.257. The minimum Gasteiger partial charge on any atom is -0.379 e. The number of hydrogen-bond donors (Lipinski definition) is 1. The lowest BCUT2D eigenvalue weighted by atomic mass is 10.1. The highest BCUT2D eigenvalue weighted by Crippen LogP contribution is 2.08. The van der Waals surface area contributed by atoms with Crippen LogP contribution in [0.2, 0.25) is 0 Å². The van der Waals surface area contributed by atoms with Gasteiger partial charge in [0.05, 0.1) is 12.7 Å². The highest BCUT2D eigenvalue weighted by molar-refractivity contribution is 4.71. The van der Waals surface area contributed by atoms with Gasteiger partial charge in [-0.05, 0) is 12.8 Å². The van der Waals surface area contributed by atoms with Gasteiger partial charge in [-0.25, -0.2) is 0 Å². The van der Waals surface area contributed by atoms with Crippen LogP contribution in [0.15, 0.2) is 0 Å². The summed E-state index contributed by atoms with van der Waals surface area (Å²) in [6.45, 7) is 1.48. The molecule has 3 heteroatoms. The van der Waals surface area contributed by atoms with Crippen molar-refractivity contribution in [2.75, 3.05) is 20.3 Å². The molecule has 1 unspecified atom stereocenters. The van der Waals surface area contributed by atoms with Crippen LogP contribution in [-0.4, -0.2) is 32.5 Å². The molecule has 0 aliphatic carbocycles. The van der Waals surface area contributed by atoms with Crippen molar-refractivity contribution in [1.29, 1.82) is 0 Å². The Balaban J connectivity index is 2.30. The van der Waals surface area contributed by atoms with Crippen molar-refractivity contribution in [2.45, 2.75) is 25.0 Å². The first-order chi connectivity index (χ1) is 4.83. The van der Waals surface area contributed by atoms with Crippen LogP contribution < -0.4 is 5.73 Å². The number of ether oxygens (including phenoxy) is 2. The van der Waals surface area contributed by atoms with Crippen LogP contribution in [0.25, 0.3) is 0 Å².